The van der Waals surface area contributed by atoms with E-state index in [-0.39, 0.29) is 5.91 Å². The lowest BCUT2D eigenvalue weighted by Crippen LogP contribution is -2.15. The Morgan fingerprint density at radius 1 is 1.39 bits per heavy atom. The van der Waals surface area contributed by atoms with Crippen molar-refractivity contribution in [2.45, 2.75) is 37.9 Å². The molecule has 1 fully saturated rings. The highest BCUT2D eigenvalue weighted by atomic mass is 32.2. The van der Waals surface area contributed by atoms with Gasteiger partial charge in [-0.1, -0.05) is 17.8 Å². The first kappa shape index (κ1) is 15.9. The number of benzene rings is 1. The maximum Gasteiger partial charge on any atom is 0.234 e. The normalized spacial score (nSPS) is 13.9. The minimum Gasteiger partial charge on any atom is -0.495 e. The standard InChI is InChI=1S/C16H20N4O2S/c1-10-4-7-14(22-3)13(8-10)17-15(21)9-23-16-19-18-11(2)20(16)12-5-6-12/h4,7-8,12H,5-6,9H2,1-3H3,(H,17,21). The maximum atomic E-state index is 12.2. The number of hydrogen-bond donors (Lipinski definition) is 1. The Kier molecular flexibility index (Phi) is 4.56. The van der Waals surface area contributed by atoms with E-state index < -0.39 is 0 Å². The van der Waals surface area contributed by atoms with Crippen molar-refractivity contribution in [3.63, 3.8) is 0 Å². The van der Waals surface area contributed by atoms with Crippen LogP contribution in [0.5, 0.6) is 5.75 Å². The molecule has 1 saturated carbocycles. The number of hydrogen-bond acceptors (Lipinski definition) is 5. The van der Waals surface area contributed by atoms with Crippen LogP contribution in [0.4, 0.5) is 5.69 Å². The number of anilines is 1. The molecule has 0 unspecified atom stereocenters. The van der Waals surface area contributed by atoms with Gasteiger partial charge < -0.3 is 14.6 Å². The van der Waals surface area contributed by atoms with Gasteiger partial charge in [-0.05, 0) is 44.4 Å². The smallest absolute Gasteiger partial charge is 0.234 e. The van der Waals surface area contributed by atoms with Gasteiger partial charge in [-0.2, -0.15) is 0 Å². The molecule has 0 aliphatic heterocycles. The number of thioether (sulfide) groups is 1. The van der Waals surface area contributed by atoms with Gasteiger partial charge in [0.15, 0.2) is 5.16 Å². The van der Waals surface area contributed by atoms with Crippen LogP contribution in [0.15, 0.2) is 23.4 Å². The fourth-order valence-electron chi connectivity index (χ4n) is 2.44. The summed E-state index contributed by atoms with van der Waals surface area (Å²) >= 11 is 1.42. The van der Waals surface area contributed by atoms with Crippen LogP contribution >= 0.6 is 11.8 Å². The van der Waals surface area contributed by atoms with Crippen LogP contribution in [-0.2, 0) is 4.79 Å². The quantitative estimate of drug-likeness (QED) is 0.824. The summed E-state index contributed by atoms with van der Waals surface area (Å²) < 4.78 is 7.41. The van der Waals surface area contributed by atoms with Crippen molar-refractivity contribution in [3.05, 3.63) is 29.6 Å². The van der Waals surface area contributed by atoms with Crippen LogP contribution in [0.1, 0.15) is 30.3 Å². The van der Waals surface area contributed by atoms with Gasteiger partial charge in [0.05, 0.1) is 18.6 Å². The van der Waals surface area contributed by atoms with Crippen LogP contribution in [0.25, 0.3) is 0 Å². The van der Waals surface area contributed by atoms with Gasteiger partial charge in [0.2, 0.25) is 5.91 Å². The second-order valence-electron chi connectivity index (χ2n) is 5.67. The summed E-state index contributed by atoms with van der Waals surface area (Å²) in [7, 11) is 1.59. The van der Waals surface area contributed by atoms with Crippen molar-refractivity contribution in [2.24, 2.45) is 0 Å². The molecule has 6 nitrogen and oxygen atoms in total. The largest absolute Gasteiger partial charge is 0.495 e. The van der Waals surface area contributed by atoms with Crippen molar-refractivity contribution >= 4 is 23.4 Å². The Hall–Kier alpha value is -2.02. The number of nitrogens with one attached hydrogen (secondary N) is 1. The van der Waals surface area contributed by atoms with E-state index in [9.17, 15) is 4.79 Å². The molecule has 0 saturated heterocycles. The van der Waals surface area contributed by atoms with Crippen LogP contribution < -0.4 is 10.1 Å². The second-order valence-corrected chi connectivity index (χ2v) is 6.61. The lowest BCUT2D eigenvalue weighted by atomic mass is 10.2. The first-order valence-electron chi connectivity index (χ1n) is 7.57. The molecule has 1 aromatic carbocycles. The highest BCUT2D eigenvalue weighted by molar-refractivity contribution is 7.99. The first-order chi connectivity index (χ1) is 11.1. The number of ether oxygens (including phenoxy) is 1. The van der Waals surface area contributed by atoms with E-state index in [0.717, 1.165) is 16.5 Å². The van der Waals surface area contributed by atoms with Gasteiger partial charge in [0.25, 0.3) is 0 Å². The maximum absolute atomic E-state index is 12.2. The average molecular weight is 332 g/mol. The zero-order valence-corrected chi connectivity index (χ0v) is 14.3. The predicted molar refractivity (Wildman–Crippen MR) is 90.1 cm³/mol. The Morgan fingerprint density at radius 3 is 2.87 bits per heavy atom. The van der Waals surface area contributed by atoms with E-state index in [4.69, 9.17) is 4.74 Å². The lowest BCUT2D eigenvalue weighted by Gasteiger charge is -2.11. The number of nitrogens with zero attached hydrogens (tertiary/aromatic N) is 3. The third-order valence-electron chi connectivity index (χ3n) is 3.71. The highest BCUT2D eigenvalue weighted by Crippen LogP contribution is 2.38. The zero-order valence-electron chi connectivity index (χ0n) is 13.5. The number of aromatic nitrogens is 3. The molecule has 3 rings (SSSR count). The van der Waals surface area contributed by atoms with Crippen molar-refractivity contribution in [1.29, 1.82) is 0 Å². The first-order valence-corrected chi connectivity index (χ1v) is 8.56. The summed E-state index contributed by atoms with van der Waals surface area (Å²) in [6.07, 6.45) is 2.33. The minimum absolute atomic E-state index is 0.0816. The van der Waals surface area contributed by atoms with E-state index in [2.05, 4.69) is 20.1 Å². The van der Waals surface area contributed by atoms with Crippen molar-refractivity contribution in [2.75, 3.05) is 18.2 Å². The Labute approximate surface area is 139 Å². The number of amides is 1. The SMILES string of the molecule is COc1ccc(C)cc1NC(=O)CSc1nnc(C)n1C1CC1. The van der Waals surface area contributed by atoms with Crippen LogP contribution in [0.3, 0.4) is 0 Å². The molecule has 1 heterocycles. The topological polar surface area (TPSA) is 69.0 Å². The molecule has 0 radical (unpaired) electrons. The Balaban J connectivity index is 1.63. The predicted octanol–water partition coefficient (Wildman–Crippen LogP) is 2.97. The van der Waals surface area contributed by atoms with E-state index in [1.165, 1.54) is 24.6 Å². The number of aryl methyl sites for hydroxylation is 2. The van der Waals surface area contributed by atoms with Crippen LogP contribution in [0, 0.1) is 13.8 Å². The molecule has 1 aromatic heterocycles. The fraction of sp³-hybridized carbons (Fsp3) is 0.438. The molecule has 23 heavy (non-hydrogen) atoms. The summed E-state index contributed by atoms with van der Waals surface area (Å²) in [6, 6.07) is 6.21. The van der Waals surface area contributed by atoms with Crippen molar-refractivity contribution in [3.8, 4) is 5.75 Å². The number of carbonyl (C=O) groups is 1. The van der Waals surface area contributed by atoms with Gasteiger partial charge in [0.1, 0.15) is 11.6 Å². The van der Waals surface area contributed by atoms with Crippen LogP contribution in [0.2, 0.25) is 0 Å². The van der Waals surface area contributed by atoms with Gasteiger partial charge in [-0.15, -0.1) is 10.2 Å². The summed E-state index contributed by atoms with van der Waals surface area (Å²) in [4.78, 5) is 12.2. The summed E-state index contributed by atoms with van der Waals surface area (Å²) in [5, 5.41) is 12.0. The molecular formula is C16H20N4O2S. The summed E-state index contributed by atoms with van der Waals surface area (Å²) in [5.41, 5.74) is 1.76. The molecule has 1 amide bonds. The van der Waals surface area contributed by atoms with E-state index >= 15 is 0 Å². The van der Waals surface area contributed by atoms with Gasteiger partial charge in [-0.3, -0.25) is 4.79 Å². The molecular weight excluding hydrogens is 312 g/mol. The highest BCUT2D eigenvalue weighted by Gasteiger charge is 2.28. The molecule has 0 spiro atoms. The zero-order chi connectivity index (χ0) is 16.4. The molecule has 7 heteroatoms. The van der Waals surface area contributed by atoms with Gasteiger partial charge >= 0.3 is 0 Å². The van der Waals surface area contributed by atoms with E-state index in [1.54, 1.807) is 7.11 Å². The monoisotopic (exact) mass is 332 g/mol. The third kappa shape index (κ3) is 3.67. The third-order valence-corrected chi connectivity index (χ3v) is 4.65. The van der Waals surface area contributed by atoms with E-state index in [0.29, 0.717) is 23.2 Å². The summed E-state index contributed by atoms with van der Waals surface area (Å²) in [6.45, 7) is 3.93. The molecule has 1 aliphatic rings. The van der Waals surface area contributed by atoms with Gasteiger partial charge in [-0.25, -0.2) is 0 Å². The second kappa shape index (κ2) is 6.62. The fourth-order valence-corrected chi connectivity index (χ4v) is 3.29. The molecule has 122 valence electrons. The van der Waals surface area contributed by atoms with Crippen LogP contribution in [-0.4, -0.2) is 33.5 Å². The number of carbonyl (C=O) groups excluding carboxylic acids is 1. The number of methoxy groups -OCH3 is 1. The average Bonchev–Trinajstić information content (AvgIpc) is 3.29. The molecule has 1 N–H and O–H groups in total. The number of rotatable bonds is 6. The van der Waals surface area contributed by atoms with Crippen molar-refractivity contribution < 1.29 is 9.53 Å². The molecule has 0 atom stereocenters. The van der Waals surface area contributed by atoms with Gasteiger partial charge in [0, 0.05) is 6.04 Å². The Bertz CT molecular complexity index is 725. The van der Waals surface area contributed by atoms with Crippen molar-refractivity contribution in [1.82, 2.24) is 14.8 Å². The molecule has 2 aromatic rings. The molecule has 0 bridgehead atoms. The molecule has 1 aliphatic carbocycles. The Morgan fingerprint density at radius 2 is 2.17 bits per heavy atom. The summed E-state index contributed by atoms with van der Waals surface area (Å²) in [5.74, 6) is 1.78. The lowest BCUT2D eigenvalue weighted by molar-refractivity contribution is -0.113. The minimum atomic E-state index is -0.0816. The van der Waals surface area contributed by atoms with E-state index in [1.807, 2.05) is 32.0 Å².